The highest BCUT2D eigenvalue weighted by Crippen LogP contribution is 2.28. The third-order valence-electron chi connectivity index (χ3n) is 6.34. The lowest BCUT2D eigenvalue weighted by Gasteiger charge is -2.13. The molecule has 4 aromatic rings. The van der Waals surface area contributed by atoms with Gasteiger partial charge >= 0.3 is 0 Å². The summed E-state index contributed by atoms with van der Waals surface area (Å²) in [5.74, 6) is -0.117. The van der Waals surface area contributed by atoms with Crippen LogP contribution in [0, 0.1) is 0 Å². The Kier molecular flexibility index (Phi) is 11.0. The monoisotopic (exact) mass is 613 g/mol. The summed E-state index contributed by atoms with van der Waals surface area (Å²) >= 11 is 7.37. The zero-order valence-corrected chi connectivity index (χ0v) is 25.6. The van der Waals surface area contributed by atoms with Gasteiger partial charge in [0.15, 0.2) is 0 Å². The zero-order valence-electron chi connectivity index (χ0n) is 24.0. The Morgan fingerprint density at radius 2 is 1.63 bits per heavy atom. The minimum atomic E-state index is -0.481. The topological polar surface area (TPSA) is 96.5 Å². The summed E-state index contributed by atoms with van der Waals surface area (Å²) in [6, 6.07) is 28.7. The zero-order chi connectivity index (χ0) is 30.8. The molecule has 0 bridgehead atoms. The molecule has 4 rings (SSSR count). The predicted octanol–water partition coefficient (Wildman–Crippen LogP) is 7.61. The molecule has 0 spiro atoms. The van der Waals surface area contributed by atoms with E-state index in [2.05, 4.69) is 29.8 Å². The van der Waals surface area contributed by atoms with Crippen molar-refractivity contribution in [3.63, 3.8) is 0 Å². The number of carbonyl (C=O) groups excluding carboxylic acids is 3. The fraction of sp³-hybridized carbons (Fsp3) is 0.147. The Balaban J connectivity index is 1.46. The third kappa shape index (κ3) is 9.23. The SMILES string of the molecule is COc1ccc(Cl)cc1NC(=O)CSc1cccc(NC(=O)/C(=C\c2ccc(C(C)C)cc2)NC(=O)c2ccccc2)c1. The van der Waals surface area contributed by atoms with Gasteiger partial charge in [-0.25, -0.2) is 0 Å². The van der Waals surface area contributed by atoms with Crippen LogP contribution < -0.4 is 20.7 Å². The number of halogens is 1. The number of ether oxygens (including phenoxy) is 1. The molecule has 0 fully saturated rings. The minimum absolute atomic E-state index is 0.0963. The van der Waals surface area contributed by atoms with Crippen LogP contribution in [0.4, 0.5) is 11.4 Å². The molecule has 3 N–H and O–H groups in total. The summed E-state index contributed by atoms with van der Waals surface area (Å²) in [7, 11) is 1.52. The predicted molar refractivity (Wildman–Crippen MR) is 175 cm³/mol. The molecule has 3 amide bonds. The smallest absolute Gasteiger partial charge is 0.272 e. The molecule has 43 heavy (non-hydrogen) atoms. The average Bonchev–Trinajstić information content (AvgIpc) is 3.00. The van der Waals surface area contributed by atoms with Gasteiger partial charge in [0.1, 0.15) is 11.4 Å². The summed E-state index contributed by atoms with van der Waals surface area (Å²) in [6.45, 7) is 4.22. The first-order valence-corrected chi connectivity index (χ1v) is 14.9. The third-order valence-corrected chi connectivity index (χ3v) is 7.57. The molecule has 0 aliphatic heterocycles. The van der Waals surface area contributed by atoms with Crippen molar-refractivity contribution in [2.45, 2.75) is 24.7 Å². The maximum Gasteiger partial charge on any atom is 0.272 e. The summed E-state index contributed by atoms with van der Waals surface area (Å²) in [5, 5.41) is 8.93. The Bertz CT molecular complexity index is 1620. The highest BCUT2D eigenvalue weighted by atomic mass is 35.5. The Morgan fingerprint density at radius 1 is 0.884 bits per heavy atom. The van der Waals surface area contributed by atoms with Crippen LogP contribution in [0.25, 0.3) is 6.08 Å². The van der Waals surface area contributed by atoms with Gasteiger partial charge in [0.2, 0.25) is 5.91 Å². The molecule has 220 valence electrons. The largest absolute Gasteiger partial charge is 0.495 e. The number of benzene rings is 4. The molecule has 0 saturated heterocycles. The minimum Gasteiger partial charge on any atom is -0.495 e. The number of amides is 3. The van der Waals surface area contributed by atoms with Crippen LogP contribution in [-0.2, 0) is 9.59 Å². The lowest BCUT2D eigenvalue weighted by atomic mass is 10.0. The van der Waals surface area contributed by atoms with Crippen molar-refractivity contribution in [3.05, 3.63) is 124 Å². The number of hydrogen-bond donors (Lipinski definition) is 3. The van der Waals surface area contributed by atoms with E-state index in [-0.39, 0.29) is 17.4 Å². The van der Waals surface area contributed by atoms with Crippen LogP contribution in [0.15, 0.2) is 108 Å². The van der Waals surface area contributed by atoms with Gasteiger partial charge in [0.05, 0.1) is 18.6 Å². The van der Waals surface area contributed by atoms with Crippen molar-refractivity contribution in [3.8, 4) is 5.75 Å². The lowest BCUT2D eigenvalue weighted by Crippen LogP contribution is -2.30. The van der Waals surface area contributed by atoms with E-state index in [1.807, 2.05) is 36.4 Å². The second-order valence-electron chi connectivity index (χ2n) is 9.86. The normalized spacial score (nSPS) is 11.1. The van der Waals surface area contributed by atoms with Gasteiger partial charge in [-0.05, 0) is 71.7 Å². The van der Waals surface area contributed by atoms with E-state index >= 15 is 0 Å². The molecule has 0 heterocycles. The van der Waals surface area contributed by atoms with E-state index in [9.17, 15) is 14.4 Å². The van der Waals surface area contributed by atoms with Crippen molar-refractivity contribution in [1.29, 1.82) is 0 Å². The molecule has 0 atom stereocenters. The summed E-state index contributed by atoms with van der Waals surface area (Å²) in [5.41, 5.74) is 3.47. The van der Waals surface area contributed by atoms with Crippen LogP contribution in [0.5, 0.6) is 5.75 Å². The van der Waals surface area contributed by atoms with Crippen LogP contribution in [0.3, 0.4) is 0 Å². The molecular formula is C34H32ClN3O4S. The second-order valence-corrected chi connectivity index (χ2v) is 11.3. The Hall–Kier alpha value is -4.53. The maximum atomic E-state index is 13.4. The van der Waals surface area contributed by atoms with Crippen molar-refractivity contribution in [2.75, 3.05) is 23.5 Å². The quantitative estimate of drug-likeness (QED) is 0.119. The van der Waals surface area contributed by atoms with Gasteiger partial charge in [-0.3, -0.25) is 14.4 Å². The highest BCUT2D eigenvalue weighted by Gasteiger charge is 2.16. The van der Waals surface area contributed by atoms with Gasteiger partial charge in [-0.1, -0.05) is 74.0 Å². The molecule has 0 aromatic heterocycles. The van der Waals surface area contributed by atoms with Crippen LogP contribution in [0.1, 0.15) is 41.3 Å². The first-order chi connectivity index (χ1) is 20.7. The first-order valence-electron chi connectivity index (χ1n) is 13.6. The van der Waals surface area contributed by atoms with Crippen LogP contribution in [-0.4, -0.2) is 30.6 Å². The first kappa shape index (κ1) is 31.4. The van der Waals surface area contributed by atoms with Crippen LogP contribution in [0.2, 0.25) is 5.02 Å². The number of hydrogen-bond acceptors (Lipinski definition) is 5. The molecule has 0 unspecified atom stereocenters. The number of nitrogens with one attached hydrogen (secondary N) is 3. The fourth-order valence-corrected chi connectivity index (χ4v) is 4.99. The molecule has 7 nitrogen and oxygen atoms in total. The number of rotatable bonds is 11. The fourth-order valence-electron chi connectivity index (χ4n) is 4.06. The van der Waals surface area contributed by atoms with Gasteiger partial charge in [-0.2, -0.15) is 0 Å². The maximum absolute atomic E-state index is 13.4. The van der Waals surface area contributed by atoms with E-state index in [1.165, 1.54) is 24.4 Å². The van der Waals surface area contributed by atoms with E-state index < -0.39 is 11.8 Å². The van der Waals surface area contributed by atoms with Gasteiger partial charge in [0.25, 0.3) is 11.8 Å². The molecule has 4 aromatic carbocycles. The summed E-state index contributed by atoms with van der Waals surface area (Å²) < 4.78 is 5.29. The number of anilines is 2. The molecule has 9 heteroatoms. The van der Waals surface area contributed by atoms with Gasteiger partial charge in [0, 0.05) is 21.2 Å². The Morgan fingerprint density at radius 3 is 2.33 bits per heavy atom. The van der Waals surface area contributed by atoms with Crippen molar-refractivity contribution in [1.82, 2.24) is 5.32 Å². The van der Waals surface area contributed by atoms with Gasteiger partial charge in [-0.15, -0.1) is 11.8 Å². The summed E-state index contributed by atoms with van der Waals surface area (Å²) in [6.07, 6.45) is 1.65. The van der Waals surface area contributed by atoms with E-state index in [0.717, 1.165) is 10.5 Å². The van der Waals surface area contributed by atoms with Gasteiger partial charge < -0.3 is 20.7 Å². The average molecular weight is 614 g/mol. The molecule has 0 radical (unpaired) electrons. The molecule has 0 aliphatic rings. The second kappa shape index (κ2) is 15.1. The number of carbonyl (C=O) groups is 3. The van der Waals surface area contributed by atoms with E-state index in [1.54, 1.807) is 66.7 Å². The molecule has 0 saturated carbocycles. The standard InChI is InChI=1S/C34H32ClN3O4S/c1-22(2)24-14-12-23(13-15-24)18-30(38-33(40)25-8-5-4-6-9-25)34(41)36-27-10-7-11-28(20-27)43-21-32(39)37-29-19-26(35)16-17-31(29)42-3/h4-20,22H,21H2,1-3H3,(H,36,41)(H,37,39)(H,38,40)/b30-18+. The lowest BCUT2D eigenvalue weighted by molar-refractivity contribution is -0.114. The Labute approximate surface area is 260 Å². The number of thioether (sulfide) groups is 1. The number of methoxy groups -OCH3 is 1. The van der Waals surface area contributed by atoms with Crippen molar-refractivity contribution < 1.29 is 19.1 Å². The van der Waals surface area contributed by atoms with E-state index in [0.29, 0.717) is 33.6 Å². The van der Waals surface area contributed by atoms with Crippen LogP contribution >= 0.6 is 23.4 Å². The summed E-state index contributed by atoms with van der Waals surface area (Å²) in [4.78, 5) is 39.8. The molecule has 0 aliphatic carbocycles. The highest BCUT2D eigenvalue weighted by molar-refractivity contribution is 8.00. The van der Waals surface area contributed by atoms with Crippen molar-refractivity contribution >= 4 is 58.5 Å². The van der Waals surface area contributed by atoms with Crippen molar-refractivity contribution in [2.24, 2.45) is 0 Å². The van der Waals surface area contributed by atoms with E-state index in [4.69, 9.17) is 16.3 Å². The molecular weight excluding hydrogens is 582 g/mol.